The SMILES string of the molecule is CCC1CCCN(c2ccncc2CN)C1. The van der Waals surface area contributed by atoms with E-state index in [9.17, 15) is 0 Å². The van der Waals surface area contributed by atoms with Gasteiger partial charge in [-0.05, 0) is 24.8 Å². The molecule has 2 N–H and O–H groups in total. The van der Waals surface area contributed by atoms with Crippen molar-refractivity contribution in [3.05, 3.63) is 24.0 Å². The smallest absolute Gasteiger partial charge is 0.0442 e. The molecule has 0 aliphatic carbocycles. The molecule has 1 unspecified atom stereocenters. The first-order chi connectivity index (χ1) is 7.85. The molecule has 0 aromatic carbocycles. The molecule has 0 spiro atoms. The van der Waals surface area contributed by atoms with Crippen LogP contribution in [0, 0.1) is 5.92 Å². The second-order valence-electron chi connectivity index (χ2n) is 4.57. The minimum atomic E-state index is 0.580. The van der Waals surface area contributed by atoms with Crippen LogP contribution >= 0.6 is 0 Å². The van der Waals surface area contributed by atoms with Crippen molar-refractivity contribution in [2.45, 2.75) is 32.7 Å². The highest BCUT2D eigenvalue weighted by molar-refractivity contribution is 5.52. The summed E-state index contributed by atoms with van der Waals surface area (Å²) in [5.74, 6) is 0.840. The van der Waals surface area contributed by atoms with Crippen molar-refractivity contribution in [1.82, 2.24) is 4.98 Å². The van der Waals surface area contributed by atoms with Gasteiger partial charge in [-0.2, -0.15) is 0 Å². The Balaban J connectivity index is 2.16. The van der Waals surface area contributed by atoms with Gasteiger partial charge in [0.25, 0.3) is 0 Å². The molecule has 3 nitrogen and oxygen atoms in total. The fourth-order valence-corrected chi connectivity index (χ4v) is 2.50. The van der Waals surface area contributed by atoms with Crippen LogP contribution in [0.1, 0.15) is 31.7 Å². The van der Waals surface area contributed by atoms with Crippen molar-refractivity contribution in [2.75, 3.05) is 18.0 Å². The molecule has 1 fully saturated rings. The third-order valence-electron chi connectivity index (χ3n) is 3.53. The highest BCUT2D eigenvalue weighted by atomic mass is 15.1. The van der Waals surface area contributed by atoms with E-state index in [1.807, 2.05) is 12.4 Å². The average Bonchev–Trinajstić information content (AvgIpc) is 2.38. The second-order valence-corrected chi connectivity index (χ2v) is 4.57. The molecule has 1 aromatic heterocycles. The fraction of sp³-hybridized carbons (Fsp3) is 0.615. The van der Waals surface area contributed by atoms with E-state index < -0.39 is 0 Å². The maximum atomic E-state index is 5.76. The predicted molar refractivity (Wildman–Crippen MR) is 67.4 cm³/mol. The molecule has 0 bridgehead atoms. The van der Waals surface area contributed by atoms with Crippen LogP contribution in [0.4, 0.5) is 5.69 Å². The van der Waals surface area contributed by atoms with Crippen LogP contribution in [0.15, 0.2) is 18.5 Å². The Morgan fingerprint density at radius 2 is 2.44 bits per heavy atom. The Labute approximate surface area is 97.7 Å². The van der Waals surface area contributed by atoms with Gasteiger partial charge in [-0.3, -0.25) is 4.98 Å². The zero-order chi connectivity index (χ0) is 11.4. The lowest BCUT2D eigenvalue weighted by Crippen LogP contribution is -2.35. The summed E-state index contributed by atoms with van der Waals surface area (Å²) in [4.78, 5) is 6.62. The molecule has 1 atom stereocenters. The molecule has 1 aliphatic rings. The van der Waals surface area contributed by atoms with Gasteiger partial charge in [0.2, 0.25) is 0 Å². The number of pyridine rings is 1. The largest absolute Gasteiger partial charge is 0.371 e. The van der Waals surface area contributed by atoms with E-state index in [1.54, 1.807) is 0 Å². The lowest BCUT2D eigenvalue weighted by atomic mass is 9.95. The van der Waals surface area contributed by atoms with Crippen molar-refractivity contribution < 1.29 is 0 Å². The number of nitrogens with zero attached hydrogens (tertiary/aromatic N) is 2. The Bertz CT molecular complexity index is 338. The van der Waals surface area contributed by atoms with E-state index in [0.717, 1.165) is 12.5 Å². The minimum absolute atomic E-state index is 0.580. The standard InChI is InChI=1S/C13H21N3/c1-2-11-4-3-7-16(10-11)13-5-6-15-9-12(13)8-14/h5-6,9,11H,2-4,7-8,10,14H2,1H3. The topological polar surface area (TPSA) is 42.2 Å². The number of hydrogen-bond acceptors (Lipinski definition) is 3. The molecule has 2 rings (SSSR count). The molecule has 2 heterocycles. The molecule has 1 aromatic rings. The summed E-state index contributed by atoms with van der Waals surface area (Å²) in [6.45, 7) is 5.20. The van der Waals surface area contributed by atoms with Crippen LogP contribution in [0.5, 0.6) is 0 Å². The summed E-state index contributed by atoms with van der Waals surface area (Å²) in [5, 5.41) is 0. The molecule has 0 radical (unpaired) electrons. The first-order valence-corrected chi connectivity index (χ1v) is 6.23. The van der Waals surface area contributed by atoms with Crippen molar-refractivity contribution in [1.29, 1.82) is 0 Å². The van der Waals surface area contributed by atoms with E-state index >= 15 is 0 Å². The number of anilines is 1. The van der Waals surface area contributed by atoms with E-state index in [2.05, 4.69) is 22.9 Å². The predicted octanol–water partition coefficient (Wildman–Crippen LogP) is 2.17. The molecule has 1 saturated heterocycles. The second kappa shape index (κ2) is 5.30. The minimum Gasteiger partial charge on any atom is -0.371 e. The van der Waals surface area contributed by atoms with Crippen LogP contribution in [0.25, 0.3) is 0 Å². The van der Waals surface area contributed by atoms with Crippen LogP contribution in [-0.4, -0.2) is 18.1 Å². The summed E-state index contributed by atoms with van der Waals surface area (Å²) in [7, 11) is 0. The fourth-order valence-electron chi connectivity index (χ4n) is 2.50. The third-order valence-corrected chi connectivity index (χ3v) is 3.53. The van der Waals surface area contributed by atoms with Crippen molar-refractivity contribution in [2.24, 2.45) is 11.7 Å². The van der Waals surface area contributed by atoms with Gasteiger partial charge in [0.05, 0.1) is 0 Å². The van der Waals surface area contributed by atoms with Gasteiger partial charge in [-0.25, -0.2) is 0 Å². The Hall–Kier alpha value is -1.09. The molecule has 0 saturated carbocycles. The Morgan fingerprint density at radius 3 is 3.19 bits per heavy atom. The van der Waals surface area contributed by atoms with Gasteiger partial charge < -0.3 is 10.6 Å². The lowest BCUT2D eigenvalue weighted by Gasteiger charge is -2.35. The lowest BCUT2D eigenvalue weighted by molar-refractivity contribution is 0.404. The van der Waals surface area contributed by atoms with Gasteiger partial charge in [0.15, 0.2) is 0 Å². The molecule has 1 aliphatic heterocycles. The highest BCUT2D eigenvalue weighted by Gasteiger charge is 2.20. The third kappa shape index (κ3) is 2.35. The molecule has 88 valence electrons. The Morgan fingerprint density at radius 1 is 1.56 bits per heavy atom. The number of aromatic nitrogens is 1. The van der Waals surface area contributed by atoms with Crippen molar-refractivity contribution in [3.8, 4) is 0 Å². The summed E-state index contributed by atoms with van der Waals surface area (Å²) in [5.41, 5.74) is 8.21. The van der Waals surface area contributed by atoms with E-state index in [1.165, 1.54) is 37.1 Å². The molecular weight excluding hydrogens is 198 g/mol. The van der Waals surface area contributed by atoms with Crippen LogP contribution in [0.2, 0.25) is 0 Å². The van der Waals surface area contributed by atoms with Gasteiger partial charge in [0, 0.05) is 43.3 Å². The average molecular weight is 219 g/mol. The molecule has 3 heteroatoms. The van der Waals surface area contributed by atoms with Gasteiger partial charge >= 0.3 is 0 Å². The number of rotatable bonds is 3. The normalized spacial score (nSPS) is 21.1. The highest BCUT2D eigenvalue weighted by Crippen LogP contribution is 2.26. The zero-order valence-corrected chi connectivity index (χ0v) is 10.0. The van der Waals surface area contributed by atoms with Crippen LogP contribution < -0.4 is 10.6 Å². The first-order valence-electron chi connectivity index (χ1n) is 6.23. The van der Waals surface area contributed by atoms with Crippen molar-refractivity contribution in [3.63, 3.8) is 0 Å². The van der Waals surface area contributed by atoms with E-state index in [4.69, 9.17) is 5.73 Å². The Kier molecular flexibility index (Phi) is 3.78. The van der Waals surface area contributed by atoms with Crippen molar-refractivity contribution >= 4 is 5.69 Å². The van der Waals surface area contributed by atoms with Gasteiger partial charge in [-0.1, -0.05) is 13.3 Å². The van der Waals surface area contributed by atoms with Crippen LogP contribution in [-0.2, 0) is 6.54 Å². The number of nitrogens with two attached hydrogens (primary N) is 1. The molecular formula is C13H21N3. The summed E-state index contributed by atoms with van der Waals surface area (Å²) < 4.78 is 0. The van der Waals surface area contributed by atoms with Crippen LogP contribution in [0.3, 0.4) is 0 Å². The first kappa shape index (κ1) is 11.4. The summed E-state index contributed by atoms with van der Waals surface area (Å²) in [6.07, 6.45) is 7.70. The number of hydrogen-bond donors (Lipinski definition) is 1. The number of piperidine rings is 1. The maximum absolute atomic E-state index is 5.76. The van der Waals surface area contributed by atoms with E-state index in [-0.39, 0.29) is 0 Å². The molecule has 0 amide bonds. The summed E-state index contributed by atoms with van der Waals surface area (Å²) >= 11 is 0. The van der Waals surface area contributed by atoms with Gasteiger partial charge in [-0.15, -0.1) is 0 Å². The maximum Gasteiger partial charge on any atom is 0.0442 e. The molecule has 16 heavy (non-hydrogen) atoms. The zero-order valence-electron chi connectivity index (χ0n) is 10.0. The monoisotopic (exact) mass is 219 g/mol. The van der Waals surface area contributed by atoms with E-state index in [0.29, 0.717) is 6.54 Å². The quantitative estimate of drug-likeness (QED) is 0.847. The van der Waals surface area contributed by atoms with Gasteiger partial charge in [0.1, 0.15) is 0 Å². The summed E-state index contributed by atoms with van der Waals surface area (Å²) in [6, 6.07) is 2.10.